The minimum atomic E-state index is -0.612. The minimum Gasteiger partial charge on any atom is -0.345 e. The van der Waals surface area contributed by atoms with Crippen molar-refractivity contribution in [2.45, 2.75) is 33.5 Å². The van der Waals surface area contributed by atoms with Crippen molar-refractivity contribution in [3.05, 3.63) is 94.2 Å². The van der Waals surface area contributed by atoms with Crippen LogP contribution in [0.4, 0.5) is 0 Å². The van der Waals surface area contributed by atoms with Gasteiger partial charge in [-0.3, -0.25) is 4.79 Å². The van der Waals surface area contributed by atoms with Crippen molar-refractivity contribution in [2.75, 3.05) is 5.88 Å². The number of benzene rings is 2. The van der Waals surface area contributed by atoms with Crippen LogP contribution in [-0.4, -0.2) is 21.3 Å². The number of halogens is 2. The van der Waals surface area contributed by atoms with Gasteiger partial charge in [0.05, 0.1) is 12.0 Å². The van der Waals surface area contributed by atoms with Crippen molar-refractivity contribution in [2.24, 2.45) is 5.41 Å². The molecule has 1 heterocycles. The minimum absolute atomic E-state index is 0.0627. The molecule has 0 aliphatic rings. The number of rotatable bonds is 8. The molecule has 3 aromatic rings. The smallest absolute Gasteiger partial charge is 0.230 e. The second-order valence-corrected chi connectivity index (χ2v) is 9.10. The maximum Gasteiger partial charge on any atom is 0.230 e. The molecule has 1 amide bonds. The van der Waals surface area contributed by atoms with E-state index in [0.29, 0.717) is 13.1 Å². The van der Waals surface area contributed by atoms with Crippen LogP contribution in [0.25, 0.3) is 0 Å². The van der Waals surface area contributed by atoms with E-state index < -0.39 is 5.41 Å². The first-order valence-corrected chi connectivity index (χ1v) is 11.0. The summed E-state index contributed by atoms with van der Waals surface area (Å²) in [5, 5.41) is 0. The fourth-order valence-corrected chi connectivity index (χ4v) is 3.60. The quantitative estimate of drug-likeness (QED) is 0.363. The van der Waals surface area contributed by atoms with Crippen LogP contribution >= 0.6 is 27.5 Å². The molecule has 0 saturated carbocycles. The van der Waals surface area contributed by atoms with E-state index >= 15 is 0 Å². The number of hydrogen-bond acceptors (Lipinski definition) is 1. The van der Waals surface area contributed by atoms with Crippen molar-refractivity contribution in [1.29, 1.82) is 0 Å². The summed E-state index contributed by atoms with van der Waals surface area (Å²) in [6, 6.07) is 22.5. The third kappa shape index (κ3) is 5.74. The number of aromatic nitrogens is 1. The van der Waals surface area contributed by atoms with Crippen molar-refractivity contribution in [1.82, 2.24) is 9.47 Å². The standard InChI is InChI=1S/C24H26BrClN2O/c1-24(2,18-26)23(29)28(16-19-7-4-3-5-8-19)17-22-9-6-14-27(22)15-20-10-12-21(25)13-11-20/h3-14H,15-18H2,1-2H3. The number of carbonyl (C=O) groups excluding carboxylic acids is 1. The molecule has 0 radical (unpaired) electrons. The highest BCUT2D eigenvalue weighted by atomic mass is 79.9. The summed E-state index contributed by atoms with van der Waals surface area (Å²) >= 11 is 9.59. The SMILES string of the molecule is CC(C)(CCl)C(=O)N(Cc1ccccc1)Cc1cccn1Cc1ccc(Br)cc1. The molecule has 29 heavy (non-hydrogen) atoms. The summed E-state index contributed by atoms with van der Waals surface area (Å²) in [6.07, 6.45) is 2.06. The van der Waals surface area contributed by atoms with E-state index in [-0.39, 0.29) is 11.8 Å². The van der Waals surface area contributed by atoms with Crippen LogP contribution in [0.1, 0.15) is 30.7 Å². The Kier molecular flexibility index (Phi) is 7.20. The molecule has 5 heteroatoms. The predicted octanol–water partition coefficient (Wildman–Crippen LogP) is 6.09. The zero-order valence-corrected chi connectivity index (χ0v) is 19.2. The van der Waals surface area contributed by atoms with Crippen molar-refractivity contribution >= 4 is 33.4 Å². The number of alkyl halides is 1. The normalized spacial score (nSPS) is 11.4. The van der Waals surface area contributed by atoms with E-state index in [1.54, 1.807) is 0 Å². The van der Waals surface area contributed by atoms with E-state index in [9.17, 15) is 4.79 Å². The lowest BCUT2D eigenvalue weighted by molar-refractivity contribution is -0.140. The van der Waals surface area contributed by atoms with E-state index in [1.807, 2.05) is 55.1 Å². The van der Waals surface area contributed by atoms with Gasteiger partial charge in [0.2, 0.25) is 5.91 Å². The van der Waals surface area contributed by atoms with E-state index in [2.05, 4.69) is 57.0 Å². The lowest BCUT2D eigenvalue weighted by Gasteiger charge is -2.31. The summed E-state index contributed by atoms with van der Waals surface area (Å²) in [5.74, 6) is 0.351. The Morgan fingerprint density at radius 2 is 1.66 bits per heavy atom. The van der Waals surface area contributed by atoms with Gasteiger partial charge in [-0.15, -0.1) is 11.6 Å². The maximum absolute atomic E-state index is 13.3. The molecule has 3 rings (SSSR count). The first-order chi connectivity index (χ1) is 13.9. The van der Waals surface area contributed by atoms with Gasteiger partial charge in [0.25, 0.3) is 0 Å². The zero-order valence-electron chi connectivity index (χ0n) is 16.8. The second-order valence-electron chi connectivity index (χ2n) is 7.92. The van der Waals surface area contributed by atoms with Crippen LogP contribution < -0.4 is 0 Å². The van der Waals surface area contributed by atoms with Gasteiger partial charge in [0.15, 0.2) is 0 Å². The largest absolute Gasteiger partial charge is 0.345 e. The molecule has 0 aliphatic heterocycles. The molecule has 152 valence electrons. The van der Waals surface area contributed by atoms with Gasteiger partial charge >= 0.3 is 0 Å². The third-order valence-electron chi connectivity index (χ3n) is 4.96. The van der Waals surface area contributed by atoms with Crippen molar-refractivity contribution in [3.63, 3.8) is 0 Å². The summed E-state index contributed by atoms with van der Waals surface area (Å²) in [7, 11) is 0. The molecule has 1 aromatic heterocycles. The fraction of sp³-hybridized carbons (Fsp3) is 0.292. The molecule has 0 spiro atoms. The van der Waals surface area contributed by atoms with Crippen molar-refractivity contribution in [3.8, 4) is 0 Å². The topological polar surface area (TPSA) is 25.2 Å². The van der Waals surface area contributed by atoms with Gasteiger partial charge in [-0.1, -0.05) is 58.4 Å². The molecule has 0 bridgehead atoms. The highest BCUT2D eigenvalue weighted by molar-refractivity contribution is 9.10. The number of amides is 1. The number of hydrogen-bond donors (Lipinski definition) is 0. The monoisotopic (exact) mass is 472 g/mol. The Morgan fingerprint density at radius 3 is 2.31 bits per heavy atom. The predicted molar refractivity (Wildman–Crippen MR) is 123 cm³/mol. The highest BCUT2D eigenvalue weighted by Gasteiger charge is 2.31. The van der Waals surface area contributed by atoms with E-state index in [1.165, 1.54) is 5.56 Å². The molecule has 0 unspecified atom stereocenters. The Morgan fingerprint density at radius 1 is 0.966 bits per heavy atom. The molecule has 0 aliphatic carbocycles. The Hall–Kier alpha value is -2.04. The van der Waals surface area contributed by atoms with Crippen LogP contribution in [0.2, 0.25) is 0 Å². The van der Waals surface area contributed by atoms with Gasteiger partial charge in [0.1, 0.15) is 0 Å². The zero-order chi connectivity index (χ0) is 20.9. The molecule has 0 saturated heterocycles. The first-order valence-electron chi connectivity index (χ1n) is 9.67. The summed E-state index contributed by atoms with van der Waals surface area (Å²) in [6.45, 7) is 5.67. The summed E-state index contributed by atoms with van der Waals surface area (Å²) in [4.78, 5) is 15.2. The molecule has 0 atom stereocenters. The second kappa shape index (κ2) is 9.64. The Bertz CT molecular complexity index is 935. The van der Waals surface area contributed by atoms with Gasteiger partial charge in [-0.05, 0) is 49.2 Å². The number of nitrogens with zero attached hydrogens (tertiary/aromatic N) is 2. The van der Waals surface area contributed by atoms with Crippen LogP contribution in [0.3, 0.4) is 0 Å². The van der Waals surface area contributed by atoms with Crippen LogP contribution in [0.5, 0.6) is 0 Å². The Labute approximate surface area is 186 Å². The lowest BCUT2D eigenvalue weighted by Crippen LogP contribution is -2.41. The first kappa shape index (κ1) is 21.7. The average Bonchev–Trinajstić information content (AvgIpc) is 3.16. The van der Waals surface area contributed by atoms with Gasteiger partial charge < -0.3 is 9.47 Å². The highest BCUT2D eigenvalue weighted by Crippen LogP contribution is 2.24. The van der Waals surface area contributed by atoms with Crippen LogP contribution in [-0.2, 0) is 24.4 Å². The molecule has 0 fully saturated rings. The fourth-order valence-electron chi connectivity index (χ4n) is 3.22. The Balaban J connectivity index is 1.83. The lowest BCUT2D eigenvalue weighted by atomic mass is 9.94. The third-order valence-corrected chi connectivity index (χ3v) is 6.16. The van der Waals surface area contributed by atoms with Gasteiger partial charge in [-0.2, -0.15) is 0 Å². The summed E-state index contributed by atoms with van der Waals surface area (Å²) in [5.41, 5.74) is 2.81. The van der Waals surface area contributed by atoms with Crippen LogP contribution in [0, 0.1) is 5.41 Å². The summed E-state index contributed by atoms with van der Waals surface area (Å²) < 4.78 is 3.26. The maximum atomic E-state index is 13.3. The number of carbonyl (C=O) groups is 1. The molecular weight excluding hydrogens is 448 g/mol. The average molecular weight is 474 g/mol. The molecular formula is C24H26BrClN2O. The van der Waals surface area contributed by atoms with Crippen molar-refractivity contribution < 1.29 is 4.79 Å². The van der Waals surface area contributed by atoms with Crippen LogP contribution in [0.15, 0.2) is 77.4 Å². The van der Waals surface area contributed by atoms with Gasteiger partial charge in [-0.25, -0.2) is 0 Å². The van der Waals surface area contributed by atoms with Gasteiger partial charge in [0, 0.05) is 35.3 Å². The van der Waals surface area contributed by atoms with E-state index in [0.717, 1.165) is 22.3 Å². The molecule has 3 nitrogen and oxygen atoms in total. The molecule has 2 aromatic carbocycles. The molecule has 0 N–H and O–H groups in total. The van der Waals surface area contributed by atoms with E-state index in [4.69, 9.17) is 11.6 Å².